The van der Waals surface area contributed by atoms with Gasteiger partial charge in [0.25, 0.3) is 0 Å². The van der Waals surface area contributed by atoms with Gasteiger partial charge in [-0.3, -0.25) is 5.84 Å². The lowest BCUT2D eigenvalue weighted by Crippen LogP contribution is -2.28. The number of aryl methyl sites for hydroxylation is 1. The maximum Gasteiger partial charge on any atom is 0.119 e. The van der Waals surface area contributed by atoms with Crippen LogP contribution in [0.1, 0.15) is 29.1 Å². The number of nitrogens with two attached hydrogens (primary N) is 1. The Balaban J connectivity index is 2.25. The van der Waals surface area contributed by atoms with E-state index in [1.165, 1.54) is 11.5 Å². The molecule has 0 saturated carbocycles. The molecular weight excluding hydrogens is 248 g/mol. The largest absolute Gasteiger partial charge is 0.494 e. The molecule has 2 aromatic rings. The molecule has 1 atom stereocenters. The Morgan fingerprint density at radius 2 is 2.11 bits per heavy atom. The maximum absolute atomic E-state index is 5.63. The molecule has 3 N–H and O–H groups in total. The van der Waals surface area contributed by atoms with E-state index >= 15 is 0 Å². The third-order valence-electron chi connectivity index (χ3n) is 2.64. The number of nitrogens with zero attached hydrogens (tertiary/aromatic N) is 2. The van der Waals surface area contributed by atoms with E-state index in [0.29, 0.717) is 6.61 Å². The minimum absolute atomic E-state index is 0.0827. The number of hydrazine groups is 1. The van der Waals surface area contributed by atoms with Crippen LogP contribution in [-0.2, 0) is 0 Å². The van der Waals surface area contributed by atoms with E-state index in [1.54, 1.807) is 0 Å². The molecule has 0 fully saturated rings. The fraction of sp³-hybridized carbons (Fsp3) is 0.333. The highest BCUT2D eigenvalue weighted by molar-refractivity contribution is 7.05. The van der Waals surface area contributed by atoms with Crippen LogP contribution in [-0.4, -0.2) is 16.2 Å². The van der Waals surface area contributed by atoms with Crippen molar-refractivity contribution in [2.24, 2.45) is 5.84 Å². The third kappa shape index (κ3) is 2.66. The van der Waals surface area contributed by atoms with Crippen LogP contribution in [0.2, 0.25) is 0 Å². The van der Waals surface area contributed by atoms with Crippen LogP contribution in [0.15, 0.2) is 24.3 Å². The van der Waals surface area contributed by atoms with Gasteiger partial charge in [0.05, 0.1) is 23.2 Å². The van der Waals surface area contributed by atoms with Gasteiger partial charge in [-0.25, -0.2) is 5.43 Å². The Kier molecular flexibility index (Phi) is 4.24. The van der Waals surface area contributed by atoms with Crippen molar-refractivity contribution >= 4 is 11.5 Å². The van der Waals surface area contributed by atoms with Crippen molar-refractivity contribution in [2.45, 2.75) is 19.9 Å². The van der Waals surface area contributed by atoms with E-state index in [9.17, 15) is 0 Å². The third-order valence-corrected chi connectivity index (χ3v) is 3.53. The predicted octanol–water partition coefficient (Wildman–Crippen LogP) is 1.80. The second kappa shape index (κ2) is 5.90. The monoisotopic (exact) mass is 264 g/mol. The summed E-state index contributed by atoms with van der Waals surface area (Å²) in [5, 5.41) is 4.01. The molecule has 1 heterocycles. The minimum Gasteiger partial charge on any atom is -0.494 e. The van der Waals surface area contributed by atoms with E-state index < -0.39 is 0 Å². The zero-order chi connectivity index (χ0) is 13.0. The quantitative estimate of drug-likeness (QED) is 0.636. The Hall–Kier alpha value is -1.50. The molecule has 5 nitrogen and oxygen atoms in total. The molecule has 1 aromatic heterocycles. The second-order valence-corrected chi connectivity index (χ2v) is 4.61. The molecule has 6 heteroatoms. The summed E-state index contributed by atoms with van der Waals surface area (Å²) in [6.45, 7) is 4.55. The average Bonchev–Trinajstić information content (AvgIpc) is 2.79. The van der Waals surface area contributed by atoms with E-state index in [1.807, 2.05) is 38.1 Å². The van der Waals surface area contributed by atoms with Crippen LogP contribution in [0.4, 0.5) is 0 Å². The number of aromatic nitrogens is 2. The molecule has 18 heavy (non-hydrogen) atoms. The van der Waals surface area contributed by atoms with Crippen molar-refractivity contribution in [1.82, 2.24) is 15.0 Å². The lowest BCUT2D eigenvalue weighted by Gasteiger charge is -2.15. The minimum atomic E-state index is -0.0827. The summed E-state index contributed by atoms with van der Waals surface area (Å²) >= 11 is 1.36. The van der Waals surface area contributed by atoms with Gasteiger partial charge in [0, 0.05) is 0 Å². The summed E-state index contributed by atoms with van der Waals surface area (Å²) in [5.41, 5.74) is 4.77. The van der Waals surface area contributed by atoms with Gasteiger partial charge in [0.15, 0.2) is 0 Å². The topological polar surface area (TPSA) is 73.1 Å². The first-order chi connectivity index (χ1) is 8.76. The second-order valence-electron chi connectivity index (χ2n) is 3.82. The van der Waals surface area contributed by atoms with Crippen molar-refractivity contribution in [3.05, 3.63) is 40.4 Å². The lowest BCUT2D eigenvalue weighted by molar-refractivity contribution is 0.340. The van der Waals surface area contributed by atoms with Crippen LogP contribution in [0.3, 0.4) is 0 Å². The van der Waals surface area contributed by atoms with Crippen LogP contribution in [0, 0.1) is 6.92 Å². The fourth-order valence-electron chi connectivity index (χ4n) is 1.75. The first kappa shape index (κ1) is 12.9. The van der Waals surface area contributed by atoms with Gasteiger partial charge in [-0.05, 0) is 43.1 Å². The standard InChI is InChI=1S/C12H16N4OS/c1-3-17-10-6-4-9(5-7-10)11(14-13)12-8(2)15-16-18-12/h4-7,11,14H,3,13H2,1-2H3. The molecule has 1 unspecified atom stereocenters. The van der Waals surface area contributed by atoms with Crippen LogP contribution < -0.4 is 16.0 Å². The van der Waals surface area contributed by atoms with Crippen molar-refractivity contribution in [3.8, 4) is 5.75 Å². The zero-order valence-corrected chi connectivity index (χ0v) is 11.2. The maximum atomic E-state index is 5.63. The summed E-state index contributed by atoms with van der Waals surface area (Å²) in [6.07, 6.45) is 0. The summed E-state index contributed by atoms with van der Waals surface area (Å²) < 4.78 is 9.35. The van der Waals surface area contributed by atoms with Gasteiger partial charge in [0.2, 0.25) is 0 Å². The molecule has 2 rings (SSSR count). The van der Waals surface area contributed by atoms with Gasteiger partial charge in [-0.2, -0.15) is 0 Å². The highest BCUT2D eigenvalue weighted by Crippen LogP contribution is 2.27. The molecule has 96 valence electrons. The van der Waals surface area contributed by atoms with Gasteiger partial charge in [-0.15, -0.1) is 5.10 Å². The van der Waals surface area contributed by atoms with Crippen molar-refractivity contribution in [2.75, 3.05) is 6.61 Å². The molecule has 0 aliphatic rings. The SMILES string of the molecule is CCOc1ccc(C(NN)c2snnc2C)cc1. The molecule has 0 saturated heterocycles. The Morgan fingerprint density at radius 1 is 1.39 bits per heavy atom. The van der Waals surface area contributed by atoms with E-state index in [4.69, 9.17) is 10.6 Å². The van der Waals surface area contributed by atoms with Crippen molar-refractivity contribution < 1.29 is 4.74 Å². The van der Waals surface area contributed by atoms with Crippen LogP contribution in [0.5, 0.6) is 5.75 Å². The van der Waals surface area contributed by atoms with Crippen LogP contribution >= 0.6 is 11.5 Å². The number of rotatable bonds is 5. The summed E-state index contributed by atoms with van der Waals surface area (Å²) in [6, 6.07) is 7.78. The van der Waals surface area contributed by atoms with Gasteiger partial charge >= 0.3 is 0 Å². The average molecular weight is 264 g/mol. The normalized spacial score (nSPS) is 12.4. The van der Waals surface area contributed by atoms with E-state index in [-0.39, 0.29) is 6.04 Å². The Morgan fingerprint density at radius 3 is 2.61 bits per heavy atom. The highest BCUT2D eigenvalue weighted by Gasteiger charge is 2.17. The molecule has 0 spiro atoms. The molecule has 0 aliphatic carbocycles. The van der Waals surface area contributed by atoms with Crippen molar-refractivity contribution in [1.29, 1.82) is 0 Å². The van der Waals surface area contributed by atoms with E-state index in [0.717, 1.165) is 21.9 Å². The Bertz CT molecular complexity index is 497. The molecule has 0 bridgehead atoms. The first-order valence-corrected chi connectivity index (χ1v) is 6.51. The van der Waals surface area contributed by atoms with Crippen LogP contribution in [0.25, 0.3) is 0 Å². The number of nitrogens with one attached hydrogen (secondary N) is 1. The number of hydrogen-bond acceptors (Lipinski definition) is 6. The van der Waals surface area contributed by atoms with Crippen molar-refractivity contribution in [3.63, 3.8) is 0 Å². The Labute approximate surface area is 110 Å². The zero-order valence-electron chi connectivity index (χ0n) is 10.4. The van der Waals surface area contributed by atoms with Gasteiger partial charge < -0.3 is 4.74 Å². The van der Waals surface area contributed by atoms with Gasteiger partial charge in [0.1, 0.15) is 5.75 Å². The summed E-state index contributed by atoms with van der Waals surface area (Å²) in [4.78, 5) is 1.03. The fourth-order valence-corrected chi connectivity index (χ4v) is 2.48. The summed E-state index contributed by atoms with van der Waals surface area (Å²) in [7, 11) is 0. The molecule has 0 aliphatic heterocycles. The molecule has 0 amide bonds. The first-order valence-electron chi connectivity index (χ1n) is 5.74. The highest BCUT2D eigenvalue weighted by atomic mass is 32.1. The number of ether oxygens (including phenoxy) is 1. The van der Waals surface area contributed by atoms with E-state index in [2.05, 4.69) is 15.0 Å². The predicted molar refractivity (Wildman–Crippen MR) is 71.4 cm³/mol. The number of benzene rings is 1. The molecular formula is C12H16N4OS. The lowest BCUT2D eigenvalue weighted by atomic mass is 10.1. The number of hydrogen-bond donors (Lipinski definition) is 2. The molecule has 0 radical (unpaired) electrons. The molecule has 1 aromatic carbocycles. The van der Waals surface area contributed by atoms with Gasteiger partial charge in [-0.1, -0.05) is 16.6 Å². The smallest absolute Gasteiger partial charge is 0.119 e. The summed E-state index contributed by atoms with van der Waals surface area (Å²) in [5.74, 6) is 6.49.